The minimum atomic E-state index is 0.531. The summed E-state index contributed by atoms with van der Waals surface area (Å²) in [7, 11) is 4.00. The van der Waals surface area contributed by atoms with Crippen LogP contribution in [0.3, 0.4) is 0 Å². The first-order chi connectivity index (χ1) is 11.1. The molecule has 0 atom stereocenters. The number of hydrogen-bond acceptors (Lipinski definition) is 2. The molecule has 0 radical (unpaired) electrons. The van der Waals surface area contributed by atoms with Crippen molar-refractivity contribution in [1.29, 1.82) is 0 Å². The summed E-state index contributed by atoms with van der Waals surface area (Å²) < 4.78 is 3.89. The molecule has 0 spiro atoms. The standard InChI is InChI=1S/2C10H18N2/c1-7(2)9-6-12(5)11-10(9)8(3)4;1-7(2)9-6-11-12(5)10(9)8(3)4/h2*6-8H,1-5H3. The monoisotopic (exact) mass is 332 g/mol. The molecule has 0 N–H and O–H groups in total. The van der Waals surface area contributed by atoms with Crippen LogP contribution < -0.4 is 0 Å². The van der Waals surface area contributed by atoms with Crippen LogP contribution in [-0.4, -0.2) is 19.6 Å². The molecule has 2 heterocycles. The highest BCUT2D eigenvalue weighted by Crippen LogP contribution is 2.25. The lowest BCUT2D eigenvalue weighted by atomic mass is 9.98. The zero-order valence-corrected chi connectivity index (χ0v) is 17.3. The highest BCUT2D eigenvalue weighted by atomic mass is 15.3. The van der Waals surface area contributed by atoms with E-state index in [0.29, 0.717) is 23.7 Å². The van der Waals surface area contributed by atoms with Crippen LogP contribution in [0.5, 0.6) is 0 Å². The van der Waals surface area contributed by atoms with Crippen LogP contribution >= 0.6 is 0 Å². The van der Waals surface area contributed by atoms with Crippen LogP contribution in [0.15, 0.2) is 12.4 Å². The van der Waals surface area contributed by atoms with E-state index >= 15 is 0 Å². The molecule has 4 nitrogen and oxygen atoms in total. The van der Waals surface area contributed by atoms with Gasteiger partial charge in [-0.05, 0) is 34.8 Å². The van der Waals surface area contributed by atoms with Gasteiger partial charge in [-0.15, -0.1) is 0 Å². The zero-order chi connectivity index (χ0) is 18.6. The maximum absolute atomic E-state index is 4.45. The fraction of sp³-hybridized carbons (Fsp3) is 0.700. The van der Waals surface area contributed by atoms with E-state index in [9.17, 15) is 0 Å². The van der Waals surface area contributed by atoms with Crippen molar-refractivity contribution in [3.63, 3.8) is 0 Å². The lowest BCUT2D eigenvalue weighted by molar-refractivity contribution is 0.658. The minimum Gasteiger partial charge on any atom is -0.275 e. The third-order valence-electron chi connectivity index (χ3n) is 4.24. The predicted molar refractivity (Wildman–Crippen MR) is 103 cm³/mol. The van der Waals surface area contributed by atoms with Gasteiger partial charge in [0.2, 0.25) is 0 Å². The quantitative estimate of drug-likeness (QED) is 0.758. The molecule has 0 amide bonds. The molecule has 24 heavy (non-hydrogen) atoms. The minimum absolute atomic E-state index is 0.531. The first-order valence-electron chi connectivity index (χ1n) is 9.11. The average molecular weight is 333 g/mol. The Balaban J connectivity index is 0.000000240. The Morgan fingerprint density at radius 1 is 0.750 bits per heavy atom. The molecule has 2 aromatic rings. The van der Waals surface area contributed by atoms with Crippen LogP contribution in [-0.2, 0) is 14.1 Å². The number of aryl methyl sites for hydroxylation is 2. The van der Waals surface area contributed by atoms with Gasteiger partial charge in [0.1, 0.15) is 0 Å². The molecule has 2 aromatic heterocycles. The second-order valence-electron chi connectivity index (χ2n) is 7.87. The van der Waals surface area contributed by atoms with Crippen molar-refractivity contribution in [3.05, 3.63) is 34.9 Å². The molecule has 0 fully saturated rings. The van der Waals surface area contributed by atoms with Crippen LogP contribution in [0.25, 0.3) is 0 Å². The predicted octanol–water partition coefficient (Wildman–Crippen LogP) is 5.33. The van der Waals surface area contributed by atoms with Gasteiger partial charge < -0.3 is 0 Å². The third kappa shape index (κ3) is 4.96. The van der Waals surface area contributed by atoms with Gasteiger partial charge in [0, 0.05) is 26.0 Å². The Kier molecular flexibility index (Phi) is 7.25. The SMILES string of the molecule is CC(C)c1cn(C)nc1C(C)C.CC(C)c1cnn(C)c1C(C)C. The second-order valence-corrected chi connectivity index (χ2v) is 7.87. The van der Waals surface area contributed by atoms with Crippen molar-refractivity contribution >= 4 is 0 Å². The highest BCUT2D eigenvalue weighted by molar-refractivity contribution is 5.24. The molecule has 0 saturated heterocycles. The first kappa shape index (κ1) is 20.5. The smallest absolute Gasteiger partial charge is 0.0684 e. The van der Waals surface area contributed by atoms with Crippen LogP contribution in [0.4, 0.5) is 0 Å². The van der Waals surface area contributed by atoms with Gasteiger partial charge in [0.15, 0.2) is 0 Å². The summed E-state index contributed by atoms with van der Waals surface area (Å²) in [4.78, 5) is 0. The van der Waals surface area contributed by atoms with Gasteiger partial charge >= 0.3 is 0 Å². The van der Waals surface area contributed by atoms with Gasteiger partial charge in [-0.2, -0.15) is 10.2 Å². The summed E-state index contributed by atoms with van der Waals surface area (Å²) in [5.41, 5.74) is 5.37. The molecule has 0 saturated carbocycles. The second kappa shape index (κ2) is 8.50. The summed E-state index contributed by atoms with van der Waals surface area (Å²) in [6.07, 6.45) is 4.11. The van der Waals surface area contributed by atoms with Gasteiger partial charge in [0.25, 0.3) is 0 Å². The molecule has 0 bridgehead atoms. The summed E-state index contributed by atoms with van der Waals surface area (Å²) in [6.45, 7) is 17.6. The van der Waals surface area contributed by atoms with Crippen LogP contribution in [0, 0.1) is 0 Å². The van der Waals surface area contributed by atoms with E-state index in [2.05, 4.69) is 71.8 Å². The first-order valence-corrected chi connectivity index (χ1v) is 9.11. The molecule has 2 rings (SSSR count). The lowest BCUT2D eigenvalue weighted by Crippen LogP contribution is -2.03. The van der Waals surface area contributed by atoms with E-state index < -0.39 is 0 Å². The largest absolute Gasteiger partial charge is 0.275 e. The van der Waals surface area contributed by atoms with Crippen molar-refractivity contribution in [2.45, 2.75) is 79.1 Å². The summed E-state index contributed by atoms with van der Waals surface area (Å²) in [6, 6.07) is 0. The van der Waals surface area contributed by atoms with E-state index in [-0.39, 0.29) is 0 Å². The van der Waals surface area contributed by atoms with Crippen molar-refractivity contribution in [1.82, 2.24) is 19.6 Å². The van der Waals surface area contributed by atoms with E-state index in [1.54, 1.807) is 0 Å². The van der Waals surface area contributed by atoms with Crippen LogP contribution in [0.1, 0.15) is 102 Å². The van der Waals surface area contributed by atoms with Crippen molar-refractivity contribution in [2.75, 3.05) is 0 Å². The Morgan fingerprint density at radius 2 is 1.29 bits per heavy atom. The zero-order valence-electron chi connectivity index (χ0n) is 17.3. The summed E-state index contributed by atoms with van der Waals surface area (Å²) >= 11 is 0. The van der Waals surface area contributed by atoms with Crippen molar-refractivity contribution in [3.8, 4) is 0 Å². The Hall–Kier alpha value is -1.58. The summed E-state index contributed by atoms with van der Waals surface area (Å²) in [5.74, 6) is 2.26. The van der Waals surface area contributed by atoms with E-state index in [0.717, 1.165) is 0 Å². The van der Waals surface area contributed by atoms with Crippen molar-refractivity contribution in [2.24, 2.45) is 14.1 Å². The van der Waals surface area contributed by atoms with Crippen molar-refractivity contribution < 1.29 is 0 Å². The molecular formula is C20H36N4. The van der Waals surface area contributed by atoms with Gasteiger partial charge in [-0.1, -0.05) is 55.4 Å². The van der Waals surface area contributed by atoms with Gasteiger partial charge in [0.05, 0.1) is 11.9 Å². The Morgan fingerprint density at radius 3 is 1.62 bits per heavy atom. The molecule has 136 valence electrons. The van der Waals surface area contributed by atoms with Gasteiger partial charge in [-0.25, -0.2) is 0 Å². The number of aromatic nitrogens is 4. The van der Waals surface area contributed by atoms with Crippen LogP contribution in [0.2, 0.25) is 0 Å². The average Bonchev–Trinajstić information content (AvgIpc) is 3.02. The Labute approximate surface area is 148 Å². The van der Waals surface area contributed by atoms with E-state index in [1.807, 2.05) is 29.7 Å². The molecule has 0 aliphatic rings. The molecule has 0 aliphatic heterocycles. The lowest BCUT2D eigenvalue weighted by Gasteiger charge is -2.11. The number of rotatable bonds is 4. The Bertz CT molecular complexity index is 596. The maximum Gasteiger partial charge on any atom is 0.0684 e. The fourth-order valence-electron chi connectivity index (χ4n) is 3.03. The maximum atomic E-state index is 4.45. The van der Waals surface area contributed by atoms with Gasteiger partial charge in [-0.3, -0.25) is 9.36 Å². The third-order valence-corrected chi connectivity index (χ3v) is 4.24. The fourth-order valence-corrected chi connectivity index (χ4v) is 3.03. The highest BCUT2D eigenvalue weighted by Gasteiger charge is 2.14. The number of nitrogens with zero attached hydrogens (tertiary/aromatic N) is 4. The molecule has 4 heteroatoms. The topological polar surface area (TPSA) is 35.6 Å². The van der Waals surface area contributed by atoms with E-state index in [4.69, 9.17) is 0 Å². The molecule has 0 unspecified atom stereocenters. The normalized spacial score (nSPS) is 11.6. The molecule has 0 aliphatic carbocycles. The molecular weight excluding hydrogens is 296 g/mol. The molecule has 0 aromatic carbocycles. The van der Waals surface area contributed by atoms with E-state index in [1.165, 1.54) is 22.5 Å². The summed E-state index contributed by atoms with van der Waals surface area (Å²) in [5, 5.41) is 8.72. The number of hydrogen-bond donors (Lipinski definition) is 0.